The van der Waals surface area contributed by atoms with E-state index in [4.69, 9.17) is 0 Å². The molecule has 1 aromatic heterocycles. The Morgan fingerprint density at radius 1 is 1.13 bits per heavy atom. The van der Waals surface area contributed by atoms with E-state index in [9.17, 15) is 37.1 Å². The molecule has 1 fully saturated rings. The number of likely N-dealkylation sites (N-methyl/N-ethyl adjacent to an activating group) is 1. The lowest BCUT2D eigenvalue weighted by molar-refractivity contribution is -0.137. The number of carbonyl (C=O) groups excluding carboxylic acids is 2. The molecule has 38 heavy (non-hydrogen) atoms. The number of nitrogens with one attached hydrogen (secondary N) is 1. The number of hydrogen-bond donors (Lipinski definition) is 2. The fourth-order valence-electron chi connectivity index (χ4n) is 4.85. The van der Waals surface area contributed by atoms with Gasteiger partial charge < -0.3 is 10.4 Å². The molecule has 2 N–H and O–H groups in total. The maximum atomic E-state index is 13.8. The van der Waals surface area contributed by atoms with Gasteiger partial charge in [0, 0.05) is 23.6 Å². The zero-order valence-electron chi connectivity index (χ0n) is 20.0. The van der Waals surface area contributed by atoms with Crippen LogP contribution in [0.25, 0.3) is 0 Å². The second-order valence-corrected chi connectivity index (χ2v) is 9.21. The van der Waals surface area contributed by atoms with Crippen molar-refractivity contribution in [3.8, 4) is 0 Å². The zero-order chi connectivity index (χ0) is 27.4. The molecule has 3 aromatic rings. The average molecular weight is 530 g/mol. The number of halogens is 4. The average Bonchev–Trinajstić information content (AvgIpc) is 3.65. The molecule has 1 saturated carbocycles. The summed E-state index contributed by atoms with van der Waals surface area (Å²) >= 11 is 0. The van der Waals surface area contributed by atoms with Gasteiger partial charge in [0.25, 0.3) is 11.8 Å². The molecule has 5 rings (SSSR count). The number of carboxylic acid groups (broad SMARTS) is 1. The molecule has 2 atom stereocenters. The first-order valence-corrected chi connectivity index (χ1v) is 11.9. The van der Waals surface area contributed by atoms with Crippen LogP contribution in [-0.2, 0) is 11.0 Å². The number of anilines is 1. The molecule has 1 aliphatic heterocycles. The molecule has 2 heterocycles. The molecule has 12 heteroatoms. The quantitative estimate of drug-likeness (QED) is 0.461. The van der Waals surface area contributed by atoms with E-state index < -0.39 is 47.3 Å². The SMILES string of the molecule is CCN1C(=O)[C@@H](NC(=O)c2cccc(C(F)(F)F)c2)[C@@H](c2ccc(F)cc2)c2c(C(=O)O)nn(C3CC3)c21. The number of hydrogen-bond acceptors (Lipinski definition) is 4. The van der Waals surface area contributed by atoms with Crippen LogP contribution in [0, 0.1) is 5.82 Å². The number of nitrogens with zero attached hydrogens (tertiary/aromatic N) is 3. The second kappa shape index (κ2) is 9.26. The lowest BCUT2D eigenvalue weighted by Crippen LogP contribution is -2.55. The summed E-state index contributed by atoms with van der Waals surface area (Å²) < 4.78 is 55.0. The maximum absolute atomic E-state index is 13.8. The molecule has 0 bridgehead atoms. The first kappa shape index (κ1) is 25.4. The Hall–Kier alpha value is -4.22. The van der Waals surface area contributed by atoms with Gasteiger partial charge in [-0.2, -0.15) is 18.3 Å². The highest BCUT2D eigenvalue weighted by Crippen LogP contribution is 2.47. The third-order valence-corrected chi connectivity index (χ3v) is 6.73. The highest BCUT2D eigenvalue weighted by Gasteiger charge is 2.48. The summed E-state index contributed by atoms with van der Waals surface area (Å²) in [6.45, 7) is 1.80. The molecular formula is C26H22F4N4O4. The second-order valence-electron chi connectivity index (χ2n) is 9.21. The first-order valence-electron chi connectivity index (χ1n) is 11.9. The Morgan fingerprint density at radius 2 is 1.82 bits per heavy atom. The topological polar surface area (TPSA) is 105 Å². The molecule has 2 aliphatic rings. The van der Waals surface area contributed by atoms with Crippen molar-refractivity contribution < 1.29 is 37.1 Å². The van der Waals surface area contributed by atoms with Crippen LogP contribution in [0.15, 0.2) is 48.5 Å². The van der Waals surface area contributed by atoms with Crippen molar-refractivity contribution in [1.82, 2.24) is 15.1 Å². The van der Waals surface area contributed by atoms with Crippen LogP contribution in [0.2, 0.25) is 0 Å². The van der Waals surface area contributed by atoms with Crippen LogP contribution in [0.1, 0.15) is 69.3 Å². The van der Waals surface area contributed by atoms with Gasteiger partial charge in [0.05, 0.1) is 11.6 Å². The van der Waals surface area contributed by atoms with Crippen molar-refractivity contribution in [3.05, 3.63) is 82.3 Å². The lowest BCUT2D eigenvalue weighted by Gasteiger charge is -2.38. The van der Waals surface area contributed by atoms with Crippen molar-refractivity contribution in [3.63, 3.8) is 0 Å². The largest absolute Gasteiger partial charge is 0.476 e. The molecule has 8 nitrogen and oxygen atoms in total. The fourth-order valence-corrected chi connectivity index (χ4v) is 4.85. The van der Waals surface area contributed by atoms with Gasteiger partial charge >= 0.3 is 12.1 Å². The summed E-state index contributed by atoms with van der Waals surface area (Å²) in [6, 6.07) is 7.30. The van der Waals surface area contributed by atoms with Gasteiger partial charge in [-0.3, -0.25) is 14.5 Å². The summed E-state index contributed by atoms with van der Waals surface area (Å²) in [5.74, 6) is -4.25. The normalized spacial score (nSPS) is 19.3. The number of aromatic nitrogens is 2. The van der Waals surface area contributed by atoms with Crippen molar-refractivity contribution in [2.24, 2.45) is 0 Å². The summed E-state index contributed by atoms with van der Waals surface area (Å²) in [7, 11) is 0. The Kier molecular flexibility index (Phi) is 6.20. The summed E-state index contributed by atoms with van der Waals surface area (Å²) in [6.07, 6.45) is -3.19. The fraction of sp³-hybridized carbons (Fsp3) is 0.308. The van der Waals surface area contributed by atoms with Crippen molar-refractivity contribution in [2.45, 2.75) is 43.9 Å². The van der Waals surface area contributed by atoms with Crippen LogP contribution in [-0.4, -0.2) is 45.3 Å². The van der Waals surface area contributed by atoms with Crippen molar-refractivity contribution >= 4 is 23.6 Å². The first-order chi connectivity index (χ1) is 18.0. The predicted molar refractivity (Wildman–Crippen MR) is 126 cm³/mol. The van der Waals surface area contributed by atoms with E-state index in [1.807, 2.05) is 0 Å². The van der Waals surface area contributed by atoms with E-state index in [2.05, 4.69) is 10.4 Å². The summed E-state index contributed by atoms with van der Waals surface area (Å²) in [5.41, 5.74) is -1.17. The number of carbonyl (C=O) groups is 3. The number of rotatable bonds is 6. The smallest absolute Gasteiger partial charge is 0.416 e. The molecule has 0 radical (unpaired) electrons. The van der Waals surface area contributed by atoms with Crippen molar-refractivity contribution in [1.29, 1.82) is 0 Å². The Morgan fingerprint density at radius 3 is 2.39 bits per heavy atom. The van der Waals surface area contributed by atoms with Gasteiger partial charge in [-0.05, 0) is 55.7 Å². The minimum absolute atomic E-state index is 0.0937. The maximum Gasteiger partial charge on any atom is 0.416 e. The number of carboxylic acids is 1. The Balaban J connectivity index is 1.65. The number of fused-ring (bicyclic) bond motifs is 1. The van der Waals surface area contributed by atoms with Gasteiger partial charge in [0.15, 0.2) is 5.69 Å². The van der Waals surface area contributed by atoms with Crippen LogP contribution >= 0.6 is 0 Å². The molecule has 1 aliphatic carbocycles. The van der Waals surface area contributed by atoms with E-state index in [1.165, 1.54) is 27.8 Å². The minimum atomic E-state index is -4.69. The van der Waals surface area contributed by atoms with Gasteiger partial charge in [-0.25, -0.2) is 13.9 Å². The third kappa shape index (κ3) is 4.39. The number of aromatic carboxylic acids is 1. The van der Waals surface area contributed by atoms with Crippen LogP contribution in [0.3, 0.4) is 0 Å². The van der Waals surface area contributed by atoms with Gasteiger partial charge in [-0.15, -0.1) is 0 Å². The van der Waals surface area contributed by atoms with E-state index >= 15 is 0 Å². The van der Waals surface area contributed by atoms with E-state index in [-0.39, 0.29) is 35.2 Å². The Bertz CT molecular complexity index is 1430. The monoisotopic (exact) mass is 530 g/mol. The van der Waals surface area contributed by atoms with Crippen LogP contribution in [0.5, 0.6) is 0 Å². The van der Waals surface area contributed by atoms with E-state index in [1.54, 1.807) is 6.92 Å². The van der Waals surface area contributed by atoms with Crippen LogP contribution in [0.4, 0.5) is 23.4 Å². The molecule has 0 unspecified atom stereocenters. The highest BCUT2D eigenvalue weighted by atomic mass is 19.4. The summed E-state index contributed by atoms with van der Waals surface area (Å²) in [5, 5.41) is 16.8. The minimum Gasteiger partial charge on any atom is -0.476 e. The van der Waals surface area contributed by atoms with Gasteiger partial charge in [0.1, 0.15) is 17.7 Å². The molecular weight excluding hydrogens is 508 g/mol. The zero-order valence-corrected chi connectivity index (χ0v) is 20.0. The highest BCUT2D eigenvalue weighted by molar-refractivity contribution is 6.06. The summed E-state index contributed by atoms with van der Waals surface area (Å²) in [4.78, 5) is 40.6. The lowest BCUT2D eigenvalue weighted by atomic mass is 9.80. The molecule has 0 saturated heterocycles. The van der Waals surface area contributed by atoms with Crippen molar-refractivity contribution in [2.75, 3.05) is 11.4 Å². The van der Waals surface area contributed by atoms with Gasteiger partial charge in [-0.1, -0.05) is 18.2 Å². The number of amides is 2. The van der Waals surface area contributed by atoms with Gasteiger partial charge in [0.2, 0.25) is 0 Å². The standard InChI is InChI=1S/C26H22F4N4O4/c1-2-33-23-19(21(25(37)38)32-34(23)17-10-11-17)18(13-6-8-16(27)9-7-13)20(24(33)36)31-22(35)14-4-3-5-15(12-14)26(28,29)30/h3-9,12,17-18,20H,2,10-11H2,1H3,(H,31,35)(H,37,38)/t18-,20-/m0/s1. The molecule has 2 amide bonds. The van der Waals surface area contributed by atoms with E-state index in [0.29, 0.717) is 11.6 Å². The molecule has 198 valence electrons. The van der Waals surface area contributed by atoms with Crippen LogP contribution < -0.4 is 10.2 Å². The van der Waals surface area contributed by atoms with E-state index in [0.717, 1.165) is 37.1 Å². The number of alkyl halides is 3. The number of benzene rings is 2. The predicted octanol–water partition coefficient (Wildman–Crippen LogP) is 4.37. The molecule has 0 spiro atoms. The molecule has 2 aromatic carbocycles. The third-order valence-electron chi connectivity index (χ3n) is 6.73. The Labute approximate surface area is 213 Å².